The molecule has 4 fully saturated rings. The average Bonchev–Trinajstić information content (AvgIpc) is 2.89. The Bertz CT molecular complexity index is 992. The SMILES string of the molecule is COCCCNC(=O)[C@]12CCC(C)(C)C[C@@H]1C1=CC[C@@H]3[C@@]4(C)CC[C@H](O)[C@@](C)(CO)C4CC[C@@]3(C)[C@]1(C)CC2. The molecule has 5 aliphatic rings. The number of rotatable bonds is 6. The quantitative estimate of drug-likeness (QED) is 0.272. The molecule has 5 nitrogen and oxygen atoms in total. The molecule has 0 aliphatic heterocycles. The molecule has 0 aromatic carbocycles. The Hall–Kier alpha value is -0.910. The fourth-order valence-electron chi connectivity index (χ4n) is 11.3. The van der Waals surface area contributed by atoms with Crippen molar-refractivity contribution in [3.63, 3.8) is 0 Å². The molecule has 0 bridgehead atoms. The second-order valence-corrected chi connectivity index (χ2v) is 16.2. The number of fused-ring (bicyclic) bond motifs is 7. The lowest BCUT2D eigenvalue weighted by Gasteiger charge is -2.71. The summed E-state index contributed by atoms with van der Waals surface area (Å²) in [5, 5.41) is 24.9. The summed E-state index contributed by atoms with van der Waals surface area (Å²) < 4.78 is 5.23. The minimum absolute atomic E-state index is 0.0649. The fraction of sp³-hybridized carbons (Fsp3) is 0.912. The predicted molar refractivity (Wildman–Crippen MR) is 156 cm³/mol. The van der Waals surface area contributed by atoms with Gasteiger partial charge in [-0.25, -0.2) is 0 Å². The molecule has 0 saturated heterocycles. The number of methoxy groups -OCH3 is 1. The molecular weight excluding hydrogens is 486 g/mol. The van der Waals surface area contributed by atoms with E-state index in [9.17, 15) is 15.0 Å². The summed E-state index contributed by atoms with van der Waals surface area (Å²) >= 11 is 0. The number of nitrogens with one attached hydrogen (secondary N) is 1. The Morgan fingerprint density at radius 2 is 1.72 bits per heavy atom. The minimum Gasteiger partial charge on any atom is -0.396 e. The van der Waals surface area contributed by atoms with Crippen LogP contribution in [0.5, 0.6) is 0 Å². The minimum atomic E-state index is -0.421. The fourth-order valence-corrected chi connectivity index (χ4v) is 11.3. The van der Waals surface area contributed by atoms with Crippen LogP contribution in [0.3, 0.4) is 0 Å². The lowest BCUT2D eigenvalue weighted by Crippen LogP contribution is -2.66. The molecular formula is C34H57NO4. The zero-order chi connectivity index (χ0) is 28.5. The summed E-state index contributed by atoms with van der Waals surface area (Å²) in [7, 11) is 1.72. The molecule has 39 heavy (non-hydrogen) atoms. The van der Waals surface area contributed by atoms with Gasteiger partial charge in [-0.3, -0.25) is 4.79 Å². The highest BCUT2D eigenvalue weighted by molar-refractivity contribution is 5.84. The Kier molecular flexibility index (Phi) is 7.46. The van der Waals surface area contributed by atoms with Gasteiger partial charge in [0.15, 0.2) is 0 Å². The van der Waals surface area contributed by atoms with Crippen LogP contribution in [0.1, 0.15) is 112 Å². The van der Waals surface area contributed by atoms with Crippen molar-refractivity contribution in [1.82, 2.24) is 5.32 Å². The van der Waals surface area contributed by atoms with Crippen molar-refractivity contribution < 1.29 is 19.7 Å². The van der Waals surface area contributed by atoms with Crippen molar-refractivity contribution in [3.05, 3.63) is 11.6 Å². The van der Waals surface area contributed by atoms with Crippen molar-refractivity contribution in [2.24, 2.45) is 50.2 Å². The van der Waals surface area contributed by atoms with Crippen LogP contribution < -0.4 is 5.32 Å². The number of hydrogen-bond acceptors (Lipinski definition) is 4. The molecule has 1 unspecified atom stereocenters. The predicted octanol–water partition coefficient (Wildman–Crippen LogP) is 6.27. The van der Waals surface area contributed by atoms with E-state index < -0.39 is 11.5 Å². The molecule has 4 saturated carbocycles. The summed E-state index contributed by atoms with van der Waals surface area (Å²) in [5.74, 6) is 1.46. The van der Waals surface area contributed by atoms with Gasteiger partial charge in [0.2, 0.25) is 5.91 Å². The van der Waals surface area contributed by atoms with Crippen molar-refractivity contribution in [3.8, 4) is 0 Å². The molecule has 222 valence electrons. The van der Waals surface area contributed by atoms with E-state index in [4.69, 9.17) is 4.74 Å². The van der Waals surface area contributed by atoms with Gasteiger partial charge in [0.25, 0.3) is 0 Å². The van der Waals surface area contributed by atoms with Crippen LogP contribution >= 0.6 is 0 Å². The van der Waals surface area contributed by atoms with E-state index in [-0.39, 0.29) is 39.6 Å². The number of aliphatic hydroxyl groups excluding tert-OH is 2. The monoisotopic (exact) mass is 543 g/mol. The first-order valence-electron chi connectivity index (χ1n) is 16.0. The Morgan fingerprint density at radius 3 is 2.41 bits per heavy atom. The summed E-state index contributed by atoms with van der Waals surface area (Å²) in [6.45, 7) is 16.0. The molecule has 0 heterocycles. The molecule has 5 aliphatic carbocycles. The van der Waals surface area contributed by atoms with Crippen molar-refractivity contribution in [2.75, 3.05) is 26.9 Å². The van der Waals surface area contributed by atoms with Gasteiger partial charge < -0.3 is 20.3 Å². The number of carbonyl (C=O) groups is 1. The van der Waals surface area contributed by atoms with Crippen LogP contribution in [0.25, 0.3) is 0 Å². The van der Waals surface area contributed by atoms with Gasteiger partial charge >= 0.3 is 0 Å². The Labute approximate surface area is 237 Å². The molecule has 5 rings (SSSR count). The Morgan fingerprint density at radius 1 is 1.00 bits per heavy atom. The van der Waals surface area contributed by atoms with Gasteiger partial charge in [0.05, 0.1) is 18.1 Å². The largest absolute Gasteiger partial charge is 0.396 e. The van der Waals surface area contributed by atoms with Crippen LogP contribution in [-0.4, -0.2) is 49.1 Å². The van der Waals surface area contributed by atoms with Crippen LogP contribution in [0.2, 0.25) is 0 Å². The van der Waals surface area contributed by atoms with Gasteiger partial charge in [0, 0.05) is 25.7 Å². The standard InChI is InChI=1S/C34H57NO4/c1-29(2)15-17-34(28(38)35-19-8-20-39-7)18-16-32(5)23(24(34)21-29)9-10-26-30(3)13-12-27(37)31(4,22-36)25(30)11-14-33(26,32)6/h9,24-27,36-37H,8,10-22H2,1-7H3,(H,35,38)/t24-,25?,26-,27+,30+,31+,32-,33-,34+/m1/s1. The number of carbonyl (C=O) groups excluding carboxylic acids is 1. The number of ether oxygens (including phenoxy) is 1. The number of allylic oxidation sites excluding steroid dienone is 2. The first-order chi connectivity index (χ1) is 18.2. The number of hydrogen-bond donors (Lipinski definition) is 3. The number of amides is 1. The molecule has 0 spiro atoms. The van der Waals surface area contributed by atoms with Gasteiger partial charge in [-0.15, -0.1) is 0 Å². The van der Waals surface area contributed by atoms with Crippen LogP contribution in [0.4, 0.5) is 0 Å². The molecule has 0 radical (unpaired) electrons. The third-order valence-electron chi connectivity index (χ3n) is 14.0. The zero-order valence-corrected chi connectivity index (χ0v) is 26.0. The maximum absolute atomic E-state index is 14.0. The lowest BCUT2D eigenvalue weighted by atomic mass is 9.33. The zero-order valence-electron chi connectivity index (χ0n) is 26.0. The maximum Gasteiger partial charge on any atom is 0.226 e. The average molecular weight is 544 g/mol. The van der Waals surface area contributed by atoms with Gasteiger partial charge in [-0.1, -0.05) is 53.2 Å². The highest BCUT2D eigenvalue weighted by Crippen LogP contribution is 2.75. The van der Waals surface area contributed by atoms with Gasteiger partial charge in [0.1, 0.15) is 0 Å². The van der Waals surface area contributed by atoms with Crippen LogP contribution in [0.15, 0.2) is 11.6 Å². The van der Waals surface area contributed by atoms with E-state index in [0.29, 0.717) is 30.9 Å². The summed E-state index contributed by atoms with van der Waals surface area (Å²) in [4.78, 5) is 14.0. The normalized spacial score (nSPS) is 48.6. The Balaban J connectivity index is 1.52. The molecule has 1 amide bonds. The van der Waals surface area contributed by atoms with Crippen molar-refractivity contribution in [1.29, 1.82) is 0 Å². The molecule has 3 N–H and O–H groups in total. The van der Waals surface area contributed by atoms with E-state index in [0.717, 1.165) is 70.6 Å². The third-order valence-corrected chi connectivity index (χ3v) is 14.0. The second kappa shape index (κ2) is 9.83. The van der Waals surface area contributed by atoms with E-state index in [1.54, 1.807) is 12.7 Å². The highest BCUT2D eigenvalue weighted by Gasteiger charge is 2.69. The molecule has 9 atom stereocenters. The third kappa shape index (κ3) is 4.14. The van der Waals surface area contributed by atoms with E-state index >= 15 is 0 Å². The summed E-state index contributed by atoms with van der Waals surface area (Å²) in [6, 6.07) is 0. The molecule has 5 heteroatoms. The van der Waals surface area contributed by atoms with Crippen molar-refractivity contribution >= 4 is 5.91 Å². The van der Waals surface area contributed by atoms with E-state index in [1.165, 1.54) is 0 Å². The first kappa shape index (κ1) is 29.6. The van der Waals surface area contributed by atoms with Crippen LogP contribution in [-0.2, 0) is 9.53 Å². The van der Waals surface area contributed by atoms with Crippen LogP contribution in [0, 0.1) is 50.2 Å². The smallest absolute Gasteiger partial charge is 0.226 e. The number of aliphatic hydroxyl groups is 2. The lowest BCUT2D eigenvalue weighted by molar-refractivity contribution is -0.215. The maximum atomic E-state index is 14.0. The van der Waals surface area contributed by atoms with Crippen molar-refractivity contribution in [2.45, 2.75) is 118 Å². The topological polar surface area (TPSA) is 78.8 Å². The van der Waals surface area contributed by atoms with E-state index in [2.05, 4.69) is 52.9 Å². The van der Waals surface area contributed by atoms with E-state index in [1.807, 2.05) is 0 Å². The summed E-state index contributed by atoms with van der Waals surface area (Å²) in [5.41, 5.74) is 1.46. The second-order valence-electron chi connectivity index (χ2n) is 16.2. The first-order valence-corrected chi connectivity index (χ1v) is 16.0. The van der Waals surface area contributed by atoms with Gasteiger partial charge in [-0.2, -0.15) is 0 Å². The summed E-state index contributed by atoms with van der Waals surface area (Å²) in [6.07, 6.45) is 13.4. The van der Waals surface area contributed by atoms with Gasteiger partial charge in [-0.05, 0) is 110 Å². The molecule has 0 aromatic rings. The molecule has 0 aromatic heterocycles. The highest BCUT2D eigenvalue weighted by atomic mass is 16.5.